The lowest BCUT2D eigenvalue weighted by Gasteiger charge is -2.28. The minimum Gasteiger partial charge on any atom is -0.0654 e. The van der Waals surface area contributed by atoms with Gasteiger partial charge in [0, 0.05) is 0 Å². The van der Waals surface area contributed by atoms with Gasteiger partial charge >= 0.3 is 0 Å². The van der Waals surface area contributed by atoms with Gasteiger partial charge in [-0.25, -0.2) is 0 Å². The Hall–Kier alpha value is -0.780. The van der Waals surface area contributed by atoms with E-state index in [-0.39, 0.29) is 0 Å². The van der Waals surface area contributed by atoms with Crippen LogP contribution in [-0.2, 0) is 12.8 Å². The van der Waals surface area contributed by atoms with Crippen LogP contribution in [0.15, 0.2) is 18.2 Å². The molecule has 0 saturated heterocycles. The molecule has 0 fully saturated rings. The maximum Gasteiger partial charge on any atom is -0.0216 e. The summed E-state index contributed by atoms with van der Waals surface area (Å²) in [6.07, 6.45) is 9.55. The summed E-state index contributed by atoms with van der Waals surface area (Å²) < 4.78 is 0. The quantitative estimate of drug-likeness (QED) is 0.662. The normalized spacial score (nSPS) is 22.8. The van der Waals surface area contributed by atoms with Gasteiger partial charge in [-0.1, -0.05) is 56.9 Å². The Balaban J connectivity index is 2.17. The Bertz CT molecular complexity index is 378. The zero-order valence-electron chi connectivity index (χ0n) is 11.7. The lowest BCUT2D eigenvalue weighted by molar-refractivity contribution is 0.245. The molecule has 0 heteroatoms. The summed E-state index contributed by atoms with van der Waals surface area (Å²) in [6, 6.07) is 7.06. The van der Waals surface area contributed by atoms with E-state index in [0.717, 1.165) is 0 Å². The van der Waals surface area contributed by atoms with E-state index in [1.807, 2.05) is 0 Å². The molecule has 94 valence electrons. The van der Waals surface area contributed by atoms with Crippen LogP contribution < -0.4 is 0 Å². The van der Waals surface area contributed by atoms with Crippen LogP contribution in [0, 0.1) is 12.3 Å². The van der Waals surface area contributed by atoms with Crippen LogP contribution in [0.1, 0.15) is 62.6 Å². The van der Waals surface area contributed by atoms with Crippen molar-refractivity contribution < 1.29 is 0 Å². The lowest BCUT2D eigenvalue weighted by atomic mass is 9.76. The first-order valence-corrected chi connectivity index (χ1v) is 7.27. The molecule has 0 saturated carbocycles. The molecule has 1 unspecified atom stereocenters. The van der Waals surface area contributed by atoms with Crippen LogP contribution in [0.25, 0.3) is 0 Å². The van der Waals surface area contributed by atoms with Gasteiger partial charge < -0.3 is 0 Å². The van der Waals surface area contributed by atoms with Gasteiger partial charge in [-0.05, 0) is 49.1 Å². The topological polar surface area (TPSA) is 0 Å². The average Bonchev–Trinajstić information content (AvgIpc) is 2.65. The van der Waals surface area contributed by atoms with Gasteiger partial charge in [0.2, 0.25) is 0 Å². The molecular weight excluding hydrogens is 204 g/mol. The first-order valence-electron chi connectivity index (χ1n) is 7.27. The largest absolute Gasteiger partial charge is 0.0654 e. The maximum absolute atomic E-state index is 2.42. The van der Waals surface area contributed by atoms with E-state index >= 15 is 0 Å². The Morgan fingerprint density at radius 2 is 1.76 bits per heavy atom. The number of benzene rings is 1. The smallest absolute Gasteiger partial charge is 0.0216 e. The minimum absolute atomic E-state index is 0.598. The SMILES string of the molecule is CCCCC1(CCC)Cc2ccc(C)cc2C1. The van der Waals surface area contributed by atoms with Crippen molar-refractivity contribution in [3.05, 3.63) is 34.9 Å². The summed E-state index contributed by atoms with van der Waals surface area (Å²) in [5, 5.41) is 0. The molecule has 1 atom stereocenters. The zero-order valence-corrected chi connectivity index (χ0v) is 11.7. The highest BCUT2D eigenvalue weighted by molar-refractivity contribution is 5.37. The highest BCUT2D eigenvalue weighted by Crippen LogP contribution is 2.44. The van der Waals surface area contributed by atoms with Crippen LogP contribution in [0.4, 0.5) is 0 Å². The second-order valence-electron chi connectivity index (χ2n) is 5.98. The van der Waals surface area contributed by atoms with E-state index in [1.165, 1.54) is 50.5 Å². The van der Waals surface area contributed by atoms with Gasteiger partial charge in [0.25, 0.3) is 0 Å². The highest BCUT2D eigenvalue weighted by atomic mass is 14.4. The molecule has 0 N–H and O–H groups in total. The van der Waals surface area contributed by atoms with Gasteiger partial charge in [-0.2, -0.15) is 0 Å². The summed E-state index contributed by atoms with van der Waals surface area (Å²) in [6.45, 7) is 6.86. The second-order valence-corrected chi connectivity index (χ2v) is 5.98. The number of aryl methyl sites for hydroxylation is 1. The van der Waals surface area contributed by atoms with Gasteiger partial charge in [-0.3, -0.25) is 0 Å². The molecule has 1 aliphatic carbocycles. The summed E-state index contributed by atoms with van der Waals surface area (Å²) in [5.74, 6) is 0. The van der Waals surface area contributed by atoms with Gasteiger partial charge in [0.1, 0.15) is 0 Å². The minimum atomic E-state index is 0.598. The maximum atomic E-state index is 2.42. The molecule has 0 bridgehead atoms. The fourth-order valence-electron chi connectivity index (χ4n) is 3.52. The predicted octanol–water partition coefficient (Wildman–Crippen LogP) is 5.07. The molecule has 0 spiro atoms. The molecule has 1 aromatic rings. The Morgan fingerprint density at radius 1 is 1.00 bits per heavy atom. The summed E-state index contributed by atoms with van der Waals surface area (Å²) in [5.41, 5.74) is 5.28. The van der Waals surface area contributed by atoms with Crippen LogP contribution in [0.5, 0.6) is 0 Å². The summed E-state index contributed by atoms with van der Waals surface area (Å²) >= 11 is 0. The Morgan fingerprint density at radius 3 is 2.47 bits per heavy atom. The van der Waals surface area contributed by atoms with Crippen molar-refractivity contribution in [1.82, 2.24) is 0 Å². The standard InChI is InChI=1S/C17H26/c1-4-6-10-17(9-5-2)12-15-8-7-14(3)11-16(15)13-17/h7-8,11H,4-6,9-10,12-13H2,1-3H3. The van der Waals surface area contributed by atoms with Crippen molar-refractivity contribution in [2.75, 3.05) is 0 Å². The lowest BCUT2D eigenvalue weighted by Crippen LogP contribution is -2.21. The molecule has 0 heterocycles. The molecule has 1 aliphatic rings. The Kier molecular flexibility index (Phi) is 3.91. The molecule has 0 amide bonds. The number of hydrogen-bond acceptors (Lipinski definition) is 0. The molecule has 0 radical (unpaired) electrons. The van der Waals surface area contributed by atoms with Gasteiger partial charge in [-0.15, -0.1) is 0 Å². The number of unbranched alkanes of at least 4 members (excludes halogenated alkanes) is 1. The third-order valence-corrected chi connectivity index (χ3v) is 4.33. The van der Waals surface area contributed by atoms with Crippen molar-refractivity contribution in [3.8, 4) is 0 Å². The number of rotatable bonds is 5. The van der Waals surface area contributed by atoms with E-state index < -0.39 is 0 Å². The third-order valence-electron chi connectivity index (χ3n) is 4.33. The van der Waals surface area contributed by atoms with Crippen LogP contribution in [0.2, 0.25) is 0 Å². The summed E-state index contributed by atoms with van der Waals surface area (Å²) in [4.78, 5) is 0. The van der Waals surface area contributed by atoms with E-state index in [0.29, 0.717) is 5.41 Å². The monoisotopic (exact) mass is 230 g/mol. The molecule has 0 aromatic heterocycles. The van der Waals surface area contributed by atoms with Crippen LogP contribution >= 0.6 is 0 Å². The average molecular weight is 230 g/mol. The Labute approximate surface area is 106 Å². The van der Waals surface area contributed by atoms with Crippen LogP contribution in [-0.4, -0.2) is 0 Å². The first kappa shape index (κ1) is 12.7. The van der Waals surface area contributed by atoms with Gasteiger partial charge in [0.15, 0.2) is 0 Å². The van der Waals surface area contributed by atoms with Gasteiger partial charge in [0.05, 0.1) is 0 Å². The van der Waals surface area contributed by atoms with Crippen molar-refractivity contribution >= 4 is 0 Å². The summed E-state index contributed by atoms with van der Waals surface area (Å²) in [7, 11) is 0. The highest BCUT2D eigenvalue weighted by Gasteiger charge is 2.35. The molecule has 1 aromatic carbocycles. The van der Waals surface area contributed by atoms with E-state index in [1.54, 1.807) is 11.1 Å². The van der Waals surface area contributed by atoms with E-state index in [9.17, 15) is 0 Å². The van der Waals surface area contributed by atoms with Crippen molar-refractivity contribution in [1.29, 1.82) is 0 Å². The van der Waals surface area contributed by atoms with Crippen molar-refractivity contribution in [2.45, 2.75) is 65.7 Å². The molecule has 0 aliphatic heterocycles. The number of hydrogen-bond donors (Lipinski definition) is 0. The predicted molar refractivity (Wildman–Crippen MR) is 75.5 cm³/mol. The number of fused-ring (bicyclic) bond motifs is 1. The first-order chi connectivity index (χ1) is 8.19. The molecule has 0 nitrogen and oxygen atoms in total. The fraction of sp³-hybridized carbons (Fsp3) is 0.647. The zero-order chi connectivity index (χ0) is 12.3. The van der Waals surface area contributed by atoms with E-state index in [4.69, 9.17) is 0 Å². The fourth-order valence-corrected chi connectivity index (χ4v) is 3.52. The van der Waals surface area contributed by atoms with Crippen molar-refractivity contribution in [2.24, 2.45) is 5.41 Å². The van der Waals surface area contributed by atoms with Crippen molar-refractivity contribution in [3.63, 3.8) is 0 Å². The molecule has 2 rings (SSSR count). The third kappa shape index (κ3) is 2.73. The van der Waals surface area contributed by atoms with Crippen LogP contribution in [0.3, 0.4) is 0 Å². The molecule has 17 heavy (non-hydrogen) atoms. The second kappa shape index (κ2) is 5.25. The van der Waals surface area contributed by atoms with E-state index in [2.05, 4.69) is 39.0 Å². The molecular formula is C17H26.